The molecular formula is C12H13N3O2. The summed E-state index contributed by atoms with van der Waals surface area (Å²) in [7, 11) is 0. The topological polar surface area (TPSA) is 67.0 Å². The molecule has 1 unspecified atom stereocenters. The molecule has 1 atom stereocenters. The van der Waals surface area contributed by atoms with Gasteiger partial charge in [-0.3, -0.25) is 4.79 Å². The summed E-state index contributed by atoms with van der Waals surface area (Å²) in [6.07, 6.45) is 2.61. The number of benzene rings is 1. The van der Waals surface area contributed by atoms with Crippen molar-refractivity contribution in [2.75, 3.05) is 13.1 Å². The Hall–Kier alpha value is -1.88. The Balaban J connectivity index is 1.95. The number of aromatic nitrogens is 2. The van der Waals surface area contributed by atoms with E-state index in [1.165, 1.54) is 6.33 Å². The van der Waals surface area contributed by atoms with E-state index in [-0.39, 0.29) is 11.7 Å². The van der Waals surface area contributed by atoms with Crippen LogP contribution in [-0.2, 0) is 0 Å². The number of hydrogen-bond donors (Lipinski definition) is 2. The molecule has 1 fully saturated rings. The van der Waals surface area contributed by atoms with Crippen molar-refractivity contribution in [1.82, 2.24) is 15.3 Å². The van der Waals surface area contributed by atoms with Crippen LogP contribution in [0.3, 0.4) is 0 Å². The number of nitrogens with one attached hydrogen (secondary N) is 2. The van der Waals surface area contributed by atoms with Gasteiger partial charge >= 0.3 is 0 Å². The smallest absolute Gasteiger partial charge is 0.258 e. The molecule has 1 aromatic heterocycles. The Labute approximate surface area is 97.8 Å². The van der Waals surface area contributed by atoms with Crippen LogP contribution in [-0.4, -0.2) is 29.2 Å². The van der Waals surface area contributed by atoms with E-state index in [1.807, 2.05) is 12.1 Å². The van der Waals surface area contributed by atoms with Crippen LogP contribution in [0.1, 0.15) is 6.42 Å². The number of aromatic amines is 1. The second-order valence-corrected chi connectivity index (χ2v) is 4.14. The summed E-state index contributed by atoms with van der Waals surface area (Å²) in [6, 6.07) is 5.41. The molecule has 3 rings (SSSR count). The zero-order chi connectivity index (χ0) is 11.7. The maximum atomic E-state index is 11.6. The molecule has 0 spiro atoms. The third-order valence-corrected chi connectivity index (χ3v) is 2.93. The Kier molecular flexibility index (Phi) is 2.53. The van der Waals surface area contributed by atoms with Crippen LogP contribution >= 0.6 is 0 Å². The second kappa shape index (κ2) is 4.18. The maximum Gasteiger partial charge on any atom is 0.258 e. The van der Waals surface area contributed by atoms with Crippen molar-refractivity contribution in [2.45, 2.75) is 12.5 Å². The molecule has 1 saturated heterocycles. The molecule has 2 aromatic rings. The number of H-pyrrole nitrogens is 1. The molecule has 0 aliphatic carbocycles. The summed E-state index contributed by atoms with van der Waals surface area (Å²) in [5.41, 5.74) is 0.552. The molecule has 5 heteroatoms. The number of hydrogen-bond acceptors (Lipinski definition) is 4. The van der Waals surface area contributed by atoms with Gasteiger partial charge in [0.15, 0.2) is 0 Å². The second-order valence-electron chi connectivity index (χ2n) is 4.14. The van der Waals surface area contributed by atoms with Gasteiger partial charge in [-0.05, 0) is 31.2 Å². The predicted molar refractivity (Wildman–Crippen MR) is 64.3 cm³/mol. The SMILES string of the molecule is O=c1[nH]cnc2ccc(OC3CCNC3)cc12. The monoisotopic (exact) mass is 231 g/mol. The van der Waals surface area contributed by atoms with Crippen molar-refractivity contribution >= 4 is 10.9 Å². The van der Waals surface area contributed by atoms with Crippen molar-refractivity contribution in [3.63, 3.8) is 0 Å². The van der Waals surface area contributed by atoms with E-state index in [4.69, 9.17) is 4.74 Å². The largest absolute Gasteiger partial charge is 0.489 e. The summed E-state index contributed by atoms with van der Waals surface area (Å²) in [4.78, 5) is 18.3. The van der Waals surface area contributed by atoms with Crippen LogP contribution in [0.2, 0.25) is 0 Å². The highest BCUT2D eigenvalue weighted by atomic mass is 16.5. The van der Waals surface area contributed by atoms with Gasteiger partial charge in [-0.2, -0.15) is 0 Å². The summed E-state index contributed by atoms with van der Waals surface area (Å²) < 4.78 is 5.80. The number of nitrogens with zero attached hydrogens (tertiary/aromatic N) is 1. The highest BCUT2D eigenvalue weighted by molar-refractivity contribution is 5.78. The fourth-order valence-corrected chi connectivity index (χ4v) is 2.04. The van der Waals surface area contributed by atoms with Gasteiger partial charge in [0.25, 0.3) is 5.56 Å². The highest BCUT2D eigenvalue weighted by Gasteiger charge is 2.16. The van der Waals surface area contributed by atoms with Crippen molar-refractivity contribution < 1.29 is 4.74 Å². The molecule has 2 N–H and O–H groups in total. The van der Waals surface area contributed by atoms with Gasteiger partial charge in [0.1, 0.15) is 11.9 Å². The molecule has 1 aliphatic rings. The van der Waals surface area contributed by atoms with Crippen molar-refractivity contribution in [3.8, 4) is 5.75 Å². The van der Waals surface area contributed by atoms with Gasteiger partial charge in [-0.15, -0.1) is 0 Å². The molecule has 1 aliphatic heterocycles. The fourth-order valence-electron chi connectivity index (χ4n) is 2.04. The van der Waals surface area contributed by atoms with Gasteiger partial charge in [0, 0.05) is 6.54 Å². The average Bonchev–Trinajstić information content (AvgIpc) is 2.83. The van der Waals surface area contributed by atoms with E-state index in [0.717, 1.165) is 25.3 Å². The highest BCUT2D eigenvalue weighted by Crippen LogP contribution is 2.18. The van der Waals surface area contributed by atoms with Gasteiger partial charge in [-0.1, -0.05) is 0 Å². The molecule has 0 saturated carbocycles. The van der Waals surface area contributed by atoms with Crippen LogP contribution in [0.15, 0.2) is 29.3 Å². The van der Waals surface area contributed by atoms with Crippen LogP contribution in [0.25, 0.3) is 10.9 Å². The lowest BCUT2D eigenvalue weighted by atomic mass is 10.2. The molecular weight excluding hydrogens is 218 g/mol. The number of fused-ring (bicyclic) bond motifs is 1. The average molecular weight is 231 g/mol. The van der Waals surface area contributed by atoms with Crippen LogP contribution in [0.4, 0.5) is 0 Å². The van der Waals surface area contributed by atoms with Crippen LogP contribution in [0, 0.1) is 0 Å². The first-order chi connectivity index (χ1) is 8.33. The number of ether oxygens (including phenoxy) is 1. The minimum atomic E-state index is -0.134. The van der Waals surface area contributed by atoms with Crippen molar-refractivity contribution in [3.05, 3.63) is 34.9 Å². The van der Waals surface area contributed by atoms with Gasteiger partial charge < -0.3 is 15.0 Å². The Morgan fingerprint density at radius 1 is 1.41 bits per heavy atom. The van der Waals surface area contributed by atoms with Gasteiger partial charge in [-0.25, -0.2) is 4.98 Å². The first-order valence-electron chi connectivity index (χ1n) is 5.68. The normalized spacial score (nSPS) is 19.6. The first-order valence-corrected chi connectivity index (χ1v) is 5.68. The molecule has 88 valence electrons. The molecule has 0 radical (unpaired) electrons. The van der Waals surface area contributed by atoms with E-state index >= 15 is 0 Å². The lowest BCUT2D eigenvalue weighted by Gasteiger charge is -2.12. The Morgan fingerprint density at radius 3 is 3.18 bits per heavy atom. The number of rotatable bonds is 2. The summed E-state index contributed by atoms with van der Waals surface area (Å²) in [5.74, 6) is 0.727. The predicted octanol–water partition coefficient (Wildman–Crippen LogP) is 0.664. The quantitative estimate of drug-likeness (QED) is 0.797. The zero-order valence-electron chi connectivity index (χ0n) is 9.27. The molecule has 17 heavy (non-hydrogen) atoms. The summed E-state index contributed by atoms with van der Waals surface area (Å²) >= 11 is 0. The van der Waals surface area contributed by atoms with Gasteiger partial charge in [0.2, 0.25) is 0 Å². The third kappa shape index (κ3) is 2.01. The molecule has 5 nitrogen and oxygen atoms in total. The Morgan fingerprint density at radius 2 is 2.35 bits per heavy atom. The summed E-state index contributed by atoms with van der Waals surface area (Å²) in [6.45, 7) is 1.85. The lowest BCUT2D eigenvalue weighted by Crippen LogP contribution is -2.19. The minimum Gasteiger partial charge on any atom is -0.489 e. The minimum absolute atomic E-state index is 0.134. The maximum absolute atomic E-state index is 11.6. The van der Waals surface area contributed by atoms with E-state index in [0.29, 0.717) is 10.9 Å². The molecule has 2 heterocycles. The zero-order valence-corrected chi connectivity index (χ0v) is 9.27. The van der Waals surface area contributed by atoms with Crippen molar-refractivity contribution in [2.24, 2.45) is 0 Å². The van der Waals surface area contributed by atoms with E-state index in [9.17, 15) is 4.79 Å². The lowest BCUT2D eigenvalue weighted by molar-refractivity contribution is 0.223. The molecule has 1 aromatic carbocycles. The molecule has 0 bridgehead atoms. The Bertz CT molecular complexity index is 588. The fraction of sp³-hybridized carbons (Fsp3) is 0.333. The van der Waals surface area contributed by atoms with E-state index < -0.39 is 0 Å². The first kappa shape index (κ1) is 10.3. The third-order valence-electron chi connectivity index (χ3n) is 2.93. The van der Waals surface area contributed by atoms with Crippen LogP contribution in [0.5, 0.6) is 5.75 Å². The van der Waals surface area contributed by atoms with Crippen LogP contribution < -0.4 is 15.6 Å². The van der Waals surface area contributed by atoms with Crippen molar-refractivity contribution in [1.29, 1.82) is 0 Å². The van der Waals surface area contributed by atoms with E-state index in [2.05, 4.69) is 15.3 Å². The summed E-state index contributed by atoms with van der Waals surface area (Å²) in [5, 5.41) is 3.80. The van der Waals surface area contributed by atoms with E-state index in [1.54, 1.807) is 6.07 Å². The standard InChI is InChI=1S/C12H13N3O2/c16-12-10-5-8(17-9-3-4-13-6-9)1-2-11(10)14-7-15-12/h1-2,5,7,9,13H,3-4,6H2,(H,14,15,16). The van der Waals surface area contributed by atoms with Gasteiger partial charge in [0.05, 0.1) is 17.2 Å². The molecule has 0 amide bonds.